The van der Waals surface area contributed by atoms with E-state index in [0.29, 0.717) is 36.6 Å². The van der Waals surface area contributed by atoms with E-state index in [4.69, 9.17) is 0 Å². The number of imidazole rings is 1. The van der Waals surface area contributed by atoms with Crippen LogP contribution >= 0.6 is 0 Å². The molecule has 0 aliphatic rings. The van der Waals surface area contributed by atoms with Gasteiger partial charge in [-0.05, 0) is 51.5 Å². The summed E-state index contributed by atoms with van der Waals surface area (Å²) in [5.41, 5.74) is 1.79. The Morgan fingerprint density at radius 3 is 2.42 bits per heavy atom. The summed E-state index contributed by atoms with van der Waals surface area (Å²) in [6, 6.07) is 8.25. The van der Waals surface area contributed by atoms with Crippen LogP contribution in [0.15, 0.2) is 40.2 Å². The molecule has 0 aliphatic carbocycles. The van der Waals surface area contributed by atoms with Crippen molar-refractivity contribution in [1.29, 1.82) is 0 Å². The van der Waals surface area contributed by atoms with Gasteiger partial charge in [0.25, 0.3) is 5.56 Å². The number of nitrogens with zero attached hydrogens (tertiary/aromatic N) is 5. The van der Waals surface area contributed by atoms with E-state index >= 15 is 0 Å². The minimum Gasteiger partial charge on any atom is -0.369 e. The lowest BCUT2D eigenvalue weighted by Gasteiger charge is -2.27. The van der Waals surface area contributed by atoms with Gasteiger partial charge in [0.1, 0.15) is 0 Å². The van der Waals surface area contributed by atoms with Crippen LogP contribution in [-0.4, -0.2) is 37.2 Å². The Hall–Kier alpha value is -3.36. The van der Waals surface area contributed by atoms with Gasteiger partial charge < -0.3 is 14.8 Å². The second-order valence-corrected chi connectivity index (χ2v) is 7.89. The summed E-state index contributed by atoms with van der Waals surface area (Å²) >= 11 is 0. The zero-order valence-electron chi connectivity index (χ0n) is 18.8. The van der Waals surface area contributed by atoms with Gasteiger partial charge in [-0.3, -0.25) is 18.7 Å². The molecule has 31 heavy (non-hydrogen) atoms. The lowest BCUT2D eigenvalue weighted by molar-refractivity contribution is -0.116. The molecule has 0 fully saturated rings. The molecular formula is C22H30N6O3. The monoisotopic (exact) mass is 426 g/mol. The Labute approximate surface area is 180 Å². The molecule has 0 spiro atoms. The van der Waals surface area contributed by atoms with Crippen molar-refractivity contribution in [3.63, 3.8) is 0 Å². The number of rotatable bonds is 8. The molecule has 0 saturated heterocycles. The van der Waals surface area contributed by atoms with Crippen LogP contribution in [0.1, 0.15) is 33.6 Å². The lowest BCUT2D eigenvalue weighted by Crippen LogP contribution is -2.37. The fourth-order valence-electron chi connectivity index (χ4n) is 3.78. The van der Waals surface area contributed by atoms with E-state index in [2.05, 4.69) is 36.0 Å². The highest BCUT2D eigenvalue weighted by atomic mass is 16.2. The summed E-state index contributed by atoms with van der Waals surface area (Å²) in [7, 11) is 3.03. The van der Waals surface area contributed by atoms with E-state index < -0.39 is 5.69 Å². The quantitative estimate of drug-likeness (QED) is 0.595. The van der Waals surface area contributed by atoms with E-state index in [9.17, 15) is 14.4 Å². The van der Waals surface area contributed by atoms with Crippen molar-refractivity contribution in [1.82, 2.24) is 18.7 Å². The summed E-state index contributed by atoms with van der Waals surface area (Å²) in [6.45, 7) is 7.80. The van der Waals surface area contributed by atoms with E-state index in [0.717, 1.165) is 22.5 Å². The minimum absolute atomic E-state index is 0.0892. The minimum atomic E-state index is -0.413. The van der Waals surface area contributed by atoms with E-state index in [1.165, 1.54) is 17.9 Å². The summed E-state index contributed by atoms with van der Waals surface area (Å²) in [5, 5.41) is 2.92. The van der Waals surface area contributed by atoms with Crippen LogP contribution in [0.3, 0.4) is 0 Å². The first-order chi connectivity index (χ1) is 14.7. The Balaban J connectivity index is 1.61. The van der Waals surface area contributed by atoms with E-state index in [1.54, 1.807) is 11.6 Å². The van der Waals surface area contributed by atoms with Crippen LogP contribution in [0.25, 0.3) is 11.2 Å². The number of nitrogens with one attached hydrogen (secondary N) is 1. The molecule has 9 nitrogen and oxygen atoms in total. The summed E-state index contributed by atoms with van der Waals surface area (Å²) in [4.78, 5) is 43.3. The lowest BCUT2D eigenvalue weighted by atomic mass is 10.2. The Bertz CT molecular complexity index is 1190. The van der Waals surface area contributed by atoms with Gasteiger partial charge in [-0.25, -0.2) is 9.78 Å². The molecular weight excluding hydrogens is 396 g/mol. The van der Waals surface area contributed by atoms with Crippen molar-refractivity contribution in [2.24, 2.45) is 14.1 Å². The fourth-order valence-corrected chi connectivity index (χ4v) is 3.78. The van der Waals surface area contributed by atoms with Crippen molar-refractivity contribution in [3.8, 4) is 0 Å². The molecule has 2 heterocycles. The molecule has 0 unspecified atom stereocenters. The first-order valence-corrected chi connectivity index (χ1v) is 10.5. The molecule has 3 aromatic rings. The standard InChI is InChI=1S/C22H30N6O3/c1-6-28(15(2)3)17-11-9-16(10-12-17)24-18(29)8-7-13-27-14-23-20-19(27)21(30)26(5)22(31)25(20)4/h9-12,14-15H,6-8,13H2,1-5H3,(H,24,29). The molecule has 1 aromatic carbocycles. The number of hydrogen-bond acceptors (Lipinski definition) is 5. The molecule has 1 N–H and O–H groups in total. The molecule has 0 saturated carbocycles. The Morgan fingerprint density at radius 2 is 1.81 bits per heavy atom. The topological polar surface area (TPSA) is 94.2 Å². The third kappa shape index (κ3) is 4.55. The van der Waals surface area contributed by atoms with Gasteiger partial charge in [0.05, 0.1) is 6.33 Å². The predicted molar refractivity (Wildman–Crippen MR) is 123 cm³/mol. The molecule has 1 amide bonds. The molecule has 9 heteroatoms. The number of fused-ring (bicyclic) bond motifs is 1. The van der Waals surface area contributed by atoms with Crippen LogP contribution in [0, 0.1) is 0 Å². The van der Waals surface area contributed by atoms with Crippen molar-refractivity contribution < 1.29 is 4.79 Å². The highest BCUT2D eigenvalue weighted by Crippen LogP contribution is 2.20. The van der Waals surface area contributed by atoms with Gasteiger partial charge in [0, 0.05) is 51.0 Å². The molecule has 166 valence electrons. The fraction of sp³-hybridized carbons (Fsp3) is 0.455. The molecule has 0 aliphatic heterocycles. The number of carbonyl (C=O) groups is 1. The average Bonchev–Trinajstić information content (AvgIpc) is 3.16. The van der Waals surface area contributed by atoms with Crippen LogP contribution < -0.4 is 21.5 Å². The van der Waals surface area contributed by atoms with Gasteiger partial charge in [-0.1, -0.05) is 0 Å². The predicted octanol–water partition coefficient (Wildman–Crippen LogP) is 2.09. The SMILES string of the molecule is CCN(c1ccc(NC(=O)CCCn2cnc3c2c(=O)n(C)c(=O)n3C)cc1)C(C)C. The van der Waals surface area contributed by atoms with Crippen molar-refractivity contribution in [2.75, 3.05) is 16.8 Å². The second-order valence-electron chi connectivity index (χ2n) is 7.89. The first kappa shape index (κ1) is 22.3. The highest BCUT2D eigenvalue weighted by Gasteiger charge is 2.14. The maximum Gasteiger partial charge on any atom is 0.332 e. The normalized spacial score (nSPS) is 11.3. The molecule has 0 bridgehead atoms. The molecule has 0 radical (unpaired) electrons. The molecule has 3 rings (SSSR count). The molecule has 0 atom stereocenters. The van der Waals surface area contributed by atoms with Gasteiger partial charge >= 0.3 is 5.69 Å². The van der Waals surface area contributed by atoms with Gasteiger partial charge in [-0.2, -0.15) is 0 Å². The second kappa shape index (κ2) is 9.20. The number of carbonyl (C=O) groups excluding carboxylic acids is 1. The van der Waals surface area contributed by atoms with Crippen molar-refractivity contribution in [3.05, 3.63) is 51.4 Å². The zero-order chi connectivity index (χ0) is 22.7. The van der Waals surface area contributed by atoms with Crippen LogP contribution in [0.5, 0.6) is 0 Å². The number of aryl methyl sites for hydroxylation is 2. The molecule has 2 aromatic heterocycles. The number of anilines is 2. The maximum atomic E-state index is 12.5. The van der Waals surface area contributed by atoms with Crippen LogP contribution in [0.4, 0.5) is 11.4 Å². The number of benzene rings is 1. The first-order valence-electron chi connectivity index (χ1n) is 10.5. The third-order valence-corrected chi connectivity index (χ3v) is 5.47. The van der Waals surface area contributed by atoms with E-state index in [-0.39, 0.29) is 11.5 Å². The van der Waals surface area contributed by atoms with Gasteiger partial charge in [0.2, 0.25) is 5.91 Å². The summed E-state index contributed by atoms with van der Waals surface area (Å²) < 4.78 is 4.11. The van der Waals surface area contributed by atoms with Crippen LogP contribution in [-0.2, 0) is 25.4 Å². The zero-order valence-corrected chi connectivity index (χ0v) is 18.8. The van der Waals surface area contributed by atoms with Gasteiger partial charge in [-0.15, -0.1) is 0 Å². The largest absolute Gasteiger partial charge is 0.369 e. The smallest absolute Gasteiger partial charge is 0.332 e. The van der Waals surface area contributed by atoms with Crippen molar-refractivity contribution in [2.45, 2.75) is 46.2 Å². The number of aromatic nitrogens is 4. The average molecular weight is 427 g/mol. The Morgan fingerprint density at radius 1 is 1.13 bits per heavy atom. The van der Waals surface area contributed by atoms with Gasteiger partial charge in [0.15, 0.2) is 11.2 Å². The van der Waals surface area contributed by atoms with Crippen molar-refractivity contribution >= 4 is 28.4 Å². The summed E-state index contributed by atoms with van der Waals surface area (Å²) in [6.07, 6.45) is 2.38. The number of hydrogen-bond donors (Lipinski definition) is 1. The summed E-state index contributed by atoms with van der Waals surface area (Å²) in [5.74, 6) is -0.0892. The highest BCUT2D eigenvalue weighted by molar-refractivity contribution is 5.90. The third-order valence-electron chi connectivity index (χ3n) is 5.47. The maximum absolute atomic E-state index is 12.5. The van der Waals surface area contributed by atoms with Crippen LogP contribution in [0.2, 0.25) is 0 Å². The number of amides is 1. The Kier molecular flexibility index (Phi) is 6.62. The van der Waals surface area contributed by atoms with E-state index in [1.807, 2.05) is 24.3 Å².